The Morgan fingerprint density at radius 3 is 3.00 bits per heavy atom. The number of rotatable bonds is 6. The van der Waals surface area contributed by atoms with Gasteiger partial charge in [0, 0.05) is 35.5 Å². The van der Waals surface area contributed by atoms with Crippen molar-refractivity contribution < 1.29 is 0 Å². The third kappa shape index (κ3) is 3.48. The van der Waals surface area contributed by atoms with E-state index in [4.69, 9.17) is 0 Å². The van der Waals surface area contributed by atoms with Gasteiger partial charge in [-0.05, 0) is 47.2 Å². The minimum Gasteiger partial charge on any atom is -0.356 e. The van der Waals surface area contributed by atoms with Crippen molar-refractivity contribution in [3.63, 3.8) is 0 Å². The van der Waals surface area contributed by atoms with Gasteiger partial charge < -0.3 is 15.3 Å². The van der Waals surface area contributed by atoms with Crippen molar-refractivity contribution in [2.75, 3.05) is 5.32 Å². The highest BCUT2D eigenvalue weighted by Crippen LogP contribution is 2.29. The summed E-state index contributed by atoms with van der Waals surface area (Å²) in [6.45, 7) is 4.85. The van der Waals surface area contributed by atoms with Crippen LogP contribution in [0.5, 0.6) is 0 Å². The van der Waals surface area contributed by atoms with Crippen molar-refractivity contribution >= 4 is 50.1 Å². The summed E-state index contributed by atoms with van der Waals surface area (Å²) >= 11 is 4.02. The Kier molecular flexibility index (Phi) is 4.94. The molecular formula is C18H19IN6S. The number of nitrogens with zero attached hydrogens (tertiary/aromatic N) is 3. The molecule has 0 unspecified atom stereocenters. The molecule has 0 aliphatic heterocycles. The number of anilines is 1. The molecule has 0 saturated carbocycles. The molecule has 0 radical (unpaired) electrons. The van der Waals surface area contributed by atoms with Gasteiger partial charge in [-0.15, -0.1) is 11.3 Å². The second-order valence-electron chi connectivity index (χ2n) is 6.08. The minimum absolute atomic E-state index is 0.707. The number of hydrogen-bond acceptors (Lipinski definition) is 5. The first-order valence-electron chi connectivity index (χ1n) is 8.48. The first-order chi connectivity index (χ1) is 12.6. The van der Waals surface area contributed by atoms with Crippen LogP contribution in [-0.2, 0) is 19.4 Å². The molecule has 4 heterocycles. The summed E-state index contributed by atoms with van der Waals surface area (Å²) in [4.78, 5) is 21.4. The summed E-state index contributed by atoms with van der Waals surface area (Å²) < 4.78 is 1.05. The van der Waals surface area contributed by atoms with E-state index in [-0.39, 0.29) is 0 Å². The van der Waals surface area contributed by atoms with Gasteiger partial charge >= 0.3 is 0 Å². The van der Waals surface area contributed by atoms with Gasteiger partial charge in [0.2, 0.25) is 0 Å². The van der Waals surface area contributed by atoms with E-state index < -0.39 is 0 Å². The molecule has 0 amide bonds. The third-order valence-electron chi connectivity index (χ3n) is 4.32. The fraction of sp³-hybridized carbons (Fsp3) is 0.278. The number of imidazole rings is 1. The molecule has 3 N–H and O–H groups in total. The topological polar surface area (TPSA) is 82.3 Å². The van der Waals surface area contributed by atoms with Gasteiger partial charge in [0.15, 0.2) is 5.13 Å². The van der Waals surface area contributed by atoms with Crippen LogP contribution in [0.25, 0.3) is 11.0 Å². The van der Waals surface area contributed by atoms with Gasteiger partial charge in [0.05, 0.1) is 17.9 Å². The molecule has 0 saturated heterocycles. The molecule has 134 valence electrons. The number of thiazole rings is 1. The number of hydrogen-bond donors (Lipinski definition) is 3. The van der Waals surface area contributed by atoms with Gasteiger partial charge in [-0.2, -0.15) is 0 Å². The Bertz CT molecular complexity index is 1050. The van der Waals surface area contributed by atoms with Crippen molar-refractivity contribution in [1.82, 2.24) is 24.9 Å². The van der Waals surface area contributed by atoms with E-state index in [1.165, 1.54) is 15.8 Å². The first kappa shape index (κ1) is 17.5. The lowest BCUT2D eigenvalue weighted by molar-refractivity contribution is 0.964. The van der Waals surface area contributed by atoms with Crippen LogP contribution in [0.4, 0.5) is 5.13 Å². The van der Waals surface area contributed by atoms with Crippen LogP contribution >= 0.6 is 33.9 Å². The molecule has 0 atom stereocenters. The Labute approximate surface area is 169 Å². The summed E-state index contributed by atoms with van der Waals surface area (Å²) in [5.74, 6) is 1.03. The highest BCUT2D eigenvalue weighted by molar-refractivity contribution is 14.1. The number of aromatic amines is 2. The summed E-state index contributed by atoms with van der Waals surface area (Å²) in [5, 5.41) is 5.54. The molecule has 4 aromatic rings. The van der Waals surface area contributed by atoms with E-state index >= 15 is 0 Å². The van der Waals surface area contributed by atoms with E-state index in [9.17, 15) is 0 Å². The number of fused-ring (bicyclic) bond motifs is 1. The highest BCUT2D eigenvalue weighted by Gasteiger charge is 2.13. The molecule has 26 heavy (non-hydrogen) atoms. The number of H-pyrrole nitrogens is 2. The first-order valence-corrected chi connectivity index (χ1v) is 10.4. The normalized spacial score (nSPS) is 11.3. The van der Waals surface area contributed by atoms with Gasteiger partial charge in [0.25, 0.3) is 0 Å². The molecule has 0 aliphatic carbocycles. The summed E-state index contributed by atoms with van der Waals surface area (Å²) in [6, 6.07) is 4.08. The quantitative estimate of drug-likeness (QED) is 0.359. The Morgan fingerprint density at radius 2 is 2.19 bits per heavy atom. The number of pyridine rings is 1. The molecular weight excluding hydrogens is 459 g/mol. The molecule has 8 heteroatoms. The van der Waals surface area contributed by atoms with Gasteiger partial charge in [-0.1, -0.05) is 6.92 Å². The average molecular weight is 478 g/mol. The standard InChI is InChI=1S/C18H19IN6S/c1-3-15-23-10(2)13(24-15)9-22-18-25-16(19)14(26-18)7-11-8-21-17-12(11)5-4-6-20-17/h4-6,8H,3,7,9H2,1-2H3,(H,20,21)(H,22,25)(H,23,24). The average Bonchev–Trinajstić information content (AvgIpc) is 3.32. The van der Waals surface area contributed by atoms with Gasteiger partial charge in [0.1, 0.15) is 15.2 Å². The molecule has 0 aliphatic rings. The molecule has 6 nitrogen and oxygen atoms in total. The van der Waals surface area contributed by atoms with Crippen molar-refractivity contribution in [2.24, 2.45) is 0 Å². The Hall–Kier alpha value is -1.94. The molecule has 0 spiro atoms. The predicted octanol–water partition coefficient (Wildman–Crippen LogP) is 4.42. The lowest BCUT2D eigenvalue weighted by Gasteiger charge is -2.01. The van der Waals surface area contributed by atoms with Crippen LogP contribution in [0.1, 0.15) is 34.6 Å². The smallest absolute Gasteiger partial charge is 0.184 e. The Morgan fingerprint density at radius 1 is 1.31 bits per heavy atom. The van der Waals surface area contributed by atoms with Crippen LogP contribution in [0, 0.1) is 10.6 Å². The maximum atomic E-state index is 4.68. The number of aromatic nitrogens is 5. The zero-order chi connectivity index (χ0) is 18.1. The second kappa shape index (κ2) is 7.36. The van der Waals surface area contributed by atoms with E-state index in [0.717, 1.165) is 44.5 Å². The summed E-state index contributed by atoms with van der Waals surface area (Å²) in [6.07, 6.45) is 5.62. The van der Waals surface area contributed by atoms with Gasteiger partial charge in [-0.3, -0.25) is 0 Å². The zero-order valence-corrected chi connectivity index (χ0v) is 17.5. The Balaban J connectivity index is 1.49. The number of aryl methyl sites for hydroxylation is 2. The van der Waals surface area contributed by atoms with Crippen LogP contribution in [-0.4, -0.2) is 24.9 Å². The van der Waals surface area contributed by atoms with E-state index in [1.807, 2.05) is 25.4 Å². The molecule has 4 rings (SSSR count). The zero-order valence-electron chi connectivity index (χ0n) is 14.6. The highest BCUT2D eigenvalue weighted by atomic mass is 127. The maximum absolute atomic E-state index is 4.68. The SMILES string of the molecule is CCc1nc(C)c(CNc2nc(I)c(Cc3c[nH]c4ncccc34)s2)[nH]1. The predicted molar refractivity (Wildman–Crippen MR) is 114 cm³/mol. The lowest BCUT2D eigenvalue weighted by atomic mass is 10.1. The van der Waals surface area contributed by atoms with Crippen molar-refractivity contribution in [3.8, 4) is 0 Å². The van der Waals surface area contributed by atoms with Crippen molar-refractivity contribution in [2.45, 2.75) is 33.2 Å². The lowest BCUT2D eigenvalue weighted by Crippen LogP contribution is -2.01. The molecule has 0 bridgehead atoms. The maximum Gasteiger partial charge on any atom is 0.184 e. The molecule has 0 aromatic carbocycles. The second-order valence-corrected chi connectivity index (χ2v) is 8.18. The monoisotopic (exact) mass is 478 g/mol. The van der Waals surface area contributed by atoms with Crippen molar-refractivity contribution in [3.05, 3.63) is 55.9 Å². The third-order valence-corrected chi connectivity index (χ3v) is 6.59. The molecule has 4 aromatic heterocycles. The fourth-order valence-electron chi connectivity index (χ4n) is 2.92. The van der Waals surface area contributed by atoms with E-state index in [0.29, 0.717) is 6.54 Å². The largest absolute Gasteiger partial charge is 0.356 e. The minimum atomic E-state index is 0.707. The fourth-order valence-corrected chi connectivity index (χ4v) is 4.71. The number of nitrogens with one attached hydrogen (secondary N) is 3. The van der Waals surface area contributed by atoms with Crippen molar-refractivity contribution in [1.29, 1.82) is 0 Å². The van der Waals surface area contributed by atoms with Crippen LogP contribution < -0.4 is 5.32 Å². The van der Waals surface area contributed by atoms with Crippen LogP contribution in [0.15, 0.2) is 24.5 Å². The number of halogens is 1. The van der Waals surface area contributed by atoms with Crippen LogP contribution in [0.3, 0.4) is 0 Å². The van der Waals surface area contributed by atoms with Crippen LogP contribution in [0.2, 0.25) is 0 Å². The van der Waals surface area contributed by atoms with E-state index in [1.54, 1.807) is 11.3 Å². The summed E-state index contributed by atoms with van der Waals surface area (Å²) in [7, 11) is 0. The van der Waals surface area contributed by atoms with Gasteiger partial charge in [-0.25, -0.2) is 15.0 Å². The van der Waals surface area contributed by atoms with E-state index in [2.05, 4.69) is 65.8 Å². The summed E-state index contributed by atoms with van der Waals surface area (Å²) in [5.41, 5.74) is 4.35. The molecule has 0 fully saturated rings.